The van der Waals surface area contributed by atoms with E-state index in [1.165, 1.54) is 4.88 Å². The zero-order valence-electron chi connectivity index (χ0n) is 13.5. The van der Waals surface area contributed by atoms with E-state index in [1.807, 2.05) is 32.2 Å². The first kappa shape index (κ1) is 17.7. The van der Waals surface area contributed by atoms with Gasteiger partial charge < -0.3 is 10.1 Å². The molecular weight excluding hydrogens is 286 g/mol. The van der Waals surface area contributed by atoms with Crippen LogP contribution in [-0.4, -0.2) is 24.0 Å². The molecule has 0 aliphatic heterocycles. The van der Waals surface area contributed by atoms with Crippen molar-refractivity contribution in [2.45, 2.75) is 58.5 Å². The molecule has 5 heteroatoms. The Bertz CT molecular complexity index is 472. The number of amides is 1. The van der Waals surface area contributed by atoms with Gasteiger partial charge in [0.25, 0.3) is 0 Å². The SMILES string of the molecule is CC(C)(C)OC(=O)CCC(=O)NCC(C)(C)c1cccs1. The molecule has 1 amide bonds. The van der Waals surface area contributed by atoms with Crippen LogP contribution >= 0.6 is 11.3 Å². The number of ether oxygens (including phenoxy) is 1. The normalized spacial score (nSPS) is 12.0. The lowest BCUT2D eigenvalue weighted by molar-refractivity contribution is -0.155. The van der Waals surface area contributed by atoms with E-state index in [2.05, 4.69) is 25.2 Å². The summed E-state index contributed by atoms with van der Waals surface area (Å²) in [4.78, 5) is 24.6. The maximum Gasteiger partial charge on any atom is 0.306 e. The third kappa shape index (κ3) is 6.76. The van der Waals surface area contributed by atoms with E-state index >= 15 is 0 Å². The molecular formula is C16H25NO3S. The van der Waals surface area contributed by atoms with Crippen LogP contribution in [0.4, 0.5) is 0 Å². The zero-order valence-corrected chi connectivity index (χ0v) is 14.3. The van der Waals surface area contributed by atoms with Crippen molar-refractivity contribution in [2.75, 3.05) is 6.54 Å². The quantitative estimate of drug-likeness (QED) is 0.820. The van der Waals surface area contributed by atoms with Crippen molar-refractivity contribution in [3.05, 3.63) is 22.4 Å². The van der Waals surface area contributed by atoms with Gasteiger partial charge in [-0.1, -0.05) is 19.9 Å². The Balaban J connectivity index is 2.33. The molecule has 1 aromatic rings. The maximum atomic E-state index is 11.8. The largest absolute Gasteiger partial charge is 0.460 e. The molecule has 0 saturated heterocycles. The van der Waals surface area contributed by atoms with Crippen molar-refractivity contribution in [2.24, 2.45) is 0 Å². The molecule has 1 heterocycles. The Labute approximate surface area is 130 Å². The highest BCUT2D eigenvalue weighted by atomic mass is 32.1. The monoisotopic (exact) mass is 311 g/mol. The highest BCUT2D eigenvalue weighted by Gasteiger charge is 2.23. The lowest BCUT2D eigenvalue weighted by Gasteiger charge is -2.23. The molecule has 0 fully saturated rings. The van der Waals surface area contributed by atoms with Gasteiger partial charge in [-0.15, -0.1) is 11.3 Å². The first-order valence-electron chi connectivity index (χ1n) is 7.13. The molecule has 1 rings (SSSR count). The second-order valence-electron chi connectivity index (χ2n) is 6.72. The van der Waals surface area contributed by atoms with Crippen molar-refractivity contribution >= 4 is 23.2 Å². The Morgan fingerprint density at radius 2 is 1.86 bits per heavy atom. The summed E-state index contributed by atoms with van der Waals surface area (Å²) in [5.41, 5.74) is -0.607. The van der Waals surface area contributed by atoms with E-state index in [-0.39, 0.29) is 30.1 Å². The van der Waals surface area contributed by atoms with E-state index in [0.717, 1.165) is 0 Å². The van der Waals surface area contributed by atoms with Gasteiger partial charge in [0, 0.05) is 23.3 Å². The summed E-state index contributed by atoms with van der Waals surface area (Å²) < 4.78 is 5.18. The Kier molecular flexibility index (Phi) is 5.96. The van der Waals surface area contributed by atoms with Crippen LogP contribution in [0.3, 0.4) is 0 Å². The number of hydrogen-bond acceptors (Lipinski definition) is 4. The Morgan fingerprint density at radius 1 is 1.19 bits per heavy atom. The molecule has 1 N–H and O–H groups in total. The van der Waals surface area contributed by atoms with Crippen LogP contribution in [0.25, 0.3) is 0 Å². The van der Waals surface area contributed by atoms with Crippen LogP contribution < -0.4 is 5.32 Å². The second-order valence-corrected chi connectivity index (χ2v) is 7.67. The summed E-state index contributed by atoms with van der Waals surface area (Å²) in [6.45, 7) is 10.2. The van der Waals surface area contributed by atoms with Gasteiger partial charge in [0.1, 0.15) is 5.60 Å². The topological polar surface area (TPSA) is 55.4 Å². The molecule has 0 radical (unpaired) electrons. The van der Waals surface area contributed by atoms with Crippen LogP contribution in [-0.2, 0) is 19.7 Å². The lowest BCUT2D eigenvalue weighted by Crippen LogP contribution is -2.36. The summed E-state index contributed by atoms with van der Waals surface area (Å²) >= 11 is 1.68. The average molecular weight is 311 g/mol. The van der Waals surface area contributed by atoms with Crippen LogP contribution in [0.15, 0.2) is 17.5 Å². The predicted molar refractivity (Wildman–Crippen MR) is 85.4 cm³/mol. The molecule has 0 aliphatic rings. The van der Waals surface area contributed by atoms with Crippen LogP contribution in [0.1, 0.15) is 52.3 Å². The molecule has 0 spiro atoms. The fourth-order valence-corrected chi connectivity index (χ4v) is 2.62. The van der Waals surface area contributed by atoms with Crippen molar-refractivity contribution in [3.8, 4) is 0 Å². The van der Waals surface area contributed by atoms with E-state index in [0.29, 0.717) is 6.54 Å². The molecule has 0 unspecified atom stereocenters. The van der Waals surface area contributed by atoms with E-state index in [1.54, 1.807) is 11.3 Å². The Hall–Kier alpha value is -1.36. The maximum absolute atomic E-state index is 11.8. The number of nitrogens with one attached hydrogen (secondary N) is 1. The van der Waals surface area contributed by atoms with Crippen LogP contribution in [0, 0.1) is 0 Å². The Morgan fingerprint density at radius 3 is 2.38 bits per heavy atom. The smallest absolute Gasteiger partial charge is 0.306 e. The van der Waals surface area contributed by atoms with Crippen molar-refractivity contribution in [1.82, 2.24) is 5.32 Å². The predicted octanol–water partition coefficient (Wildman–Crippen LogP) is 3.26. The van der Waals surface area contributed by atoms with Gasteiger partial charge in [0.2, 0.25) is 5.91 Å². The highest BCUT2D eigenvalue weighted by molar-refractivity contribution is 7.10. The van der Waals surface area contributed by atoms with Gasteiger partial charge in [-0.25, -0.2) is 0 Å². The fraction of sp³-hybridized carbons (Fsp3) is 0.625. The molecule has 118 valence electrons. The molecule has 1 aromatic heterocycles. The zero-order chi connectivity index (χ0) is 16.1. The number of carbonyl (C=O) groups excluding carboxylic acids is 2. The second kappa shape index (κ2) is 7.07. The summed E-state index contributed by atoms with van der Waals surface area (Å²) in [6.07, 6.45) is 0.276. The fourth-order valence-electron chi connectivity index (χ4n) is 1.77. The number of esters is 1. The third-order valence-corrected chi connectivity index (χ3v) is 4.13. The van der Waals surface area contributed by atoms with Gasteiger partial charge in [-0.3, -0.25) is 9.59 Å². The summed E-state index contributed by atoms with van der Waals surface area (Å²) in [5, 5.41) is 4.92. The lowest BCUT2D eigenvalue weighted by atomic mass is 9.91. The minimum atomic E-state index is -0.505. The number of rotatable bonds is 6. The van der Waals surface area contributed by atoms with Gasteiger partial charge in [0.15, 0.2) is 0 Å². The molecule has 0 aliphatic carbocycles. The summed E-state index contributed by atoms with van der Waals surface area (Å²) in [6, 6.07) is 4.07. The summed E-state index contributed by atoms with van der Waals surface area (Å²) in [7, 11) is 0. The van der Waals surface area contributed by atoms with Crippen molar-refractivity contribution in [1.29, 1.82) is 0 Å². The van der Waals surface area contributed by atoms with Gasteiger partial charge in [-0.2, -0.15) is 0 Å². The minimum Gasteiger partial charge on any atom is -0.460 e. The number of hydrogen-bond donors (Lipinski definition) is 1. The van der Waals surface area contributed by atoms with Gasteiger partial charge in [0.05, 0.1) is 6.42 Å². The number of thiophene rings is 1. The molecule has 0 saturated carbocycles. The van der Waals surface area contributed by atoms with Crippen LogP contribution in [0.5, 0.6) is 0 Å². The van der Waals surface area contributed by atoms with Crippen molar-refractivity contribution < 1.29 is 14.3 Å². The van der Waals surface area contributed by atoms with Gasteiger partial charge >= 0.3 is 5.97 Å². The van der Waals surface area contributed by atoms with Crippen molar-refractivity contribution in [3.63, 3.8) is 0 Å². The van der Waals surface area contributed by atoms with E-state index < -0.39 is 5.60 Å². The first-order chi connectivity index (χ1) is 9.60. The minimum absolute atomic E-state index is 0.101. The molecule has 0 atom stereocenters. The molecule has 0 bridgehead atoms. The molecule has 21 heavy (non-hydrogen) atoms. The highest BCUT2D eigenvalue weighted by Crippen LogP contribution is 2.26. The van der Waals surface area contributed by atoms with E-state index in [9.17, 15) is 9.59 Å². The molecule has 4 nitrogen and oxygen atoms in total. The molecule has 0 aromatic carbocycles. The average Bonchev–Trinajstić information content (AvgIpc) is 2.86. The number of carbonyl (C=O) groups is 2. The van der Waals surface area contributed by atoms with E-state index in [4.69, 9.17) is 4.74 Å². The van der Waals surface area contributed by atoms with Gasteiger partial charge in [-0.05, 0) is 32.2 Å². The summed E-state index contributed by atoms with van der Waals surface area (Å²) in [5.74, 6) is -0.458. The van der Waals surface area contributed by atoms with Crippen LogP contribution in [0.2, 0.25) is 0 Å². The first-order valence-corrected chi connectivity index (χ1v) is 8.01. The standard InChI is InChI=1S/C16H25NO3S/c1-15(2,3)20-14(19)9-8-13(18)17-11-16(4,5)12-7-6-10-21-12/h6-7,10H,8-9,11H2,1-5H3,(H,17,18). The third-order valence-electron chi connectivity index (χ3n) is 2.89.